The molecule has 1 aromatic rings. The van der Waals surface area contributed by atoms with Gasteiger partial charge in [-0.1, -0.05) is 18.2 Å². The number of thioether (sulfide) groups is 1. The molecule has 0 saturated heterocycles. The standard InChI is InChI=1S/C12H15NO2S/c1-8(12(14)15)13-6-9-7-16-11-5-3-2-4-10(9)11/h2-5,8-9,13H,6-7H2,1H3,(H,14,15)/t8-,9?/m0/s1. The molecule has 2 rings (SSSR count). The molecule has 1 aromatic carbocycles. The van der Waals surface area contributed by atoms with Gasteiger partial charge in [-0.25, -0.2) is 0 Å². The average molecular weight is 237 g/mol. The molecule has 0 radical (unpaired) electrons. The second-order valence-corrected chi connectivity index (χ2v) is 5.08. The zero-order valence-electron chi connectivity index (χ0n) is 9.14. The molecule has 1 aliphatic rings. The number of rotatable bonds is 4. The van der Waals surface area contributed by atoms with Crippen LogP contribution in [0.15, 0.2) is 29.2 Å². The molecule has 1 unspecified atom stereocenters. The third kappa shape index (κ3) is 2.39. The highest BCUT2D eigenvalue weighted by molar-refractivity contribution is 7.99. The highest BCUT2D eigenvalue weighted by Crippen LogP contribution is 2.38. The molecule has 0 aliphatic carbocycles. The first-order valence-electron chi connectivity index (χ1n) is 5.36. The number of hydrogen-bond acceptors (Lipinski definition) is 3. The summed E-state index contributed by atoms with van der Waals surface area (Å²) in [5.74, 6) is 0.681. The minimum absolute atomic E-state index is 0.433. The number of benzene rings is 1. The van der Waals surface area contributed by atoms with Crippen LogP contribution in [0, 0.1) is 0 Å². The maximum absolute atomic E-state index is 10.7. The van der Waals surface area contributed by atoms with Crippen molar-refractivity contribution in [3.63, 3.8) is 0 Å². The lowest BCUT2D eigenvalue weighted by Gasteiger charge is -2.14. The lowest BCUT2D eigenvalue weighted by molar-refractivity contribution is -0.139. The fraction of sp³-hybridized carbons (Fsp3) is 0.417. The lowest BCUT2D eigenvalue weighted by atomic mass is 10.0. The van der Waals surface area contributed by atoms with Crippen LogP contribution in [0.5, 0.6) is 0 Å². The molecule has 0 spiro atoms. The van der Waals surface area contributed by atoms with Crippen molar-refractivity contribution in [3.05, 3.63) is 29.8 Å². The molecule has 86 valence electrons. The topological polar surface area (TPSA) is 49.3 Å². The molecule has 0 bridgehead atoms. The van der Waals surface area contributed by atoms with Crippen LogP contribution in [-0.2, 0) is 4.79 Å². The lowest BCUT2D eigenvalue weighted by Crippen LogP contribution is -2.36. The van der Waals surface area contributed by atoms with Gasteiger partial charge in [-0.2, -0.15) is 0 Å². The van der Waals surface area contributed by atoms with E-state index in [0.717, 1.165) is 12.3 Å². The third-order valence-electron chi connectivity index (χ3n) is 2.84. The third-order valence-corrected chi connectivity index (χ3v) is 4.09. The predicted molar refractivity (Wildman–Crippen MR) is 65.0 cm³/mol. The van der Waals surface area contributed by atoms with Gasteiger partial charge in [-0.3, -0.25) is 4.79 Å². The Morgan fingerprint density at radius 1 is 1.62 bits per heavy atom. The molecule has 1 heterocycles. The summed E-state index contributed by atoms with van der Waals surface area (Å²) in [6, 6.07) is 7.87. The summed E-state index contributed by atoms with van der Waals surface area (Å²) in [6.45, 7) is 2.41. The first-order valence-corrected chi connectivity index (χ1v) is 6.35. The zero-order valence-corrected chi connectivity index (χ0v) is 9.96. The normalized spacial score (nSPS) is 20.4. The Labute approximate surface area is 99.2 Å². The molecule has 0 fully saturated rings. The number of carboxylic acids is 1. The summed E-state index contributed by atoms with van der Waals surface area (Å²) in [5.41, 5.74) is 1.34. The van der Waals surface area contributed by atoms with E-state index >= 15 is 0 Å². The van der Waals surface area contributed by atoms with Crippen LogP contribution in [-0.4, -0.2) is 29.4 Å². The average Bonchev–Trinajstić information content (AvgIpc) is 2.69. The van der Waals surface area contributed by atoms with Crippen molar-refractivity contribution < 1.29 is 9.90 Å². The highest BCUT2D eigenvalue weighted by Gasteiger charge is 2.23. The molecule has 3 nitrogen and oxygen atoms in total. The summed E-state index contributed by atoms with van der Waals surface area (Å²) in [6.07, 6.45) is 0. The quantitative estimate of drug-likeness (QED) is 0.840. The molecular formula is C12H15NO2S. The van der Waals surface area contributed by atoms with E-state index in [-0.39, 0.29) is 0 Å². The van der Waals surface area contributed by atoms with Crippen LogP contribution < -0.4 is 5.32 Å². The summed E-state index contributed by atoms with van der Waals surface area (Å²) in [7, 11) is 0. The van der Waals surface area contributed by atoms with Gasteiger partial charge in [0.15, 0.2) is 0 Å². The molecule has 1 aliphatic heterocycles. The van der Waals surface area contributed by atoms with Gasteiger partial charge >= 0.3 is 5.97 Å². The highest BCUT2D eigenvalue weighted by atomic mass is 32.2. The number of carboxylic acid groups (broad SMARTS) is 1. The van der Waals surface area contributed by atoms with E-state index in [1.807, 2.05) is 23.9 Å². The van der Waals surface area contributed by atoms with Gasteiger partial charge in [0.25, 0.3) is 0 Å². The van der Waals surface area contributed by atoms with Crippen molar-refractivity contribution in [1.82, 2.24) is 5.32 Å². The van der Waals surface area contributed by atoms with Crippen molar-refractivity contribution in [2.45, 2.75) is 23.8 Å². The van der Waals surface area contributed by atoms with Crippen molar-refractivity contribution in [1.29, 1.82) is 0 Å². The van der Waals surface area contributed by atoms with Gasteiger partial charge in [-0.15, -0.1) is 11.8 Å². The van der Waals surface area contributed by atoms with Gasteiger partial charge in [0.05, 0.1) is 0 Å². The molecule has 0 saturated carbocycles. The Morgan fingerprint density at radius 2 is 2.38 bits per heavy atom. The van der Waals surface area contributed by atoms with Crippen molar-refractivity contribution >= 4 is 17.7 Å². The summed E-state index contributed by atoms with van der Waals surface area (Å²) in [4.78, 5) is 12.0. The summed E-state index contributed by atoms with van der Waals surface area (Å²) in [5, 5.41) is 11.8. The molecule has 2 N–H and O–H groups in total. The predicted octanol–water partition coefficient (Wildman–Crippen LogP) is 1.94. The molecule has 16 heavy (non-hydrogen) atoms. The molecular weight excluding hydrogens is 222 g/mol. The van der Waals surface area contributed by atoms with Crippen LogP contribution in [0.3, 0.4) is 0 Å². The fourth-order valence-corrected chi connectivity index (χ4v) is 3.06. The Balaban J connectivity index is 1.96. The molecule has 2 atom stereocenters. The van der Waals surface area contributed by atoms with E-state index < -0.39 is 12.0 Å². The second-order valence-electron chi connectivity index (χ2n) is 4.01. The Bertz CT molecular complexity index is 394. The molecule has 0 amide bonds. The minimum atomic E-state index is -0.793. The smallest absolute Gasteiger partial charge is 0.320 e. The Morgan fingerprint density at radius 3 is 3.12 bits per heavy atom. The Kier molecular flexibility index (Phi) is 3.51. The van der Waals surface area contributed by atoms with Gasteiger partial charge in [-0.05, 0) is 18.6 Å². The van der Waals surface area contributed by atoms with Crippen LogP contribution in [0.25, 0.3) is 0 Å². The van der Waals surface area contributed by atoms with E-state index in [1.54, 1.807) is 6.92 Å². The number of hydrogen-bond donors (Lipinski definition) is 2. The SMILES string of the molecule is C[C@H](NCC1CSc2ccccc21)C(=O)O. The number of carbonyl (C=O) groups is 1. The largest absolute Gasteiger partial charge is 0.480 e. The molecule has 4 heteroatoms. The van der Waals surface area contributed by atoms with Gasteiger partial charge in [0.1, 0.15) is 6.04 Å². The van der Waals surface area contributed by atoms with Gasteiger partial charge < -0.3 is 10.4 Å². The number of fused-ring (bicyclic) bond motifs is 1. The molecule has 0 aromatic heterocycles. The summed E-state index contributed by atoms with van der Waals surface area (Å²) >= 11 is 1.85. The summed E-state index contributed by atoms with van der Waals surface area (Å²) < 4.78 is 0. The monoisotopic (exact) mass is 237 g/mol. The van der Waals surface area contributed by atoms with Crippen molar-refractivity contribution in [3.8, 4) is 0 Å². The van der Waals surface area contributed by atoms with Crippen LogP contribution in [0.4, 0.5) is 0 Å². The van der Waals surface area contributed by atoms with Gasteiger partial charge in [0.2, 0.25) is 0 Å². The first-order chi connectivity index (χ1) is 7.68. The zero-order chi connectivity index (χ0) is 11.5. The maximum Gasteiger partial charge on any atom is 0.320 e. The van der Waals surface area contributed by atoms with Crippen molar-refractivity contribution in [2.24, 2.45) is 0 Å². The van der Waals surface area contributed by atoms with E-state index in [9.17, 15) is 4.79 Å². The fourth-order valence-electron chi connectivity index (χ4n) is 1.80. The number of aliphatic carboxylic acids is 1. The second kappa shape index (κ2) is 4.89. The van der Waals surface area contributed by atoms with Crippen LogP contribution in [0.1, 0.15) is 18.4 Å². The van der Waals surface area contributed by atoms with Crippen LogP contribution in [0.2, 0.25) is 0 Å². The van der Waals surface area contributed by atoms with E-state index in [2.05, 4.69) is 17.4 Å². The first kappa shape index (κ1) is 11.5. The van der Waals surface area contributed by atoms with Crippen molar-refractivity contribution in [2.75, 3.05) is 12.3 Å². The number of nitrogens with one attached hydrogen (secondary N) is 1. The van der Waals surface area contributed by atoms with E-state index in [0.29, 0.717) is 5.92 Å². The van der Waals surface area contributed by atoms with E-state index in [1.165, 1.54) is 10.5 Å². The minimum Gasteiger partial charge on any atom is -0.480 e. The Hall–Kier alpha value is -1.00. The van der Waals surface area contributed by atoms with Crippen LogP contribution >= 0.6 is 11.8 Å². The maximum atomic E-state index is 10.7. The van der Waals surface area contributed by atoms with E-state index in [4.69, 9.17) is 5.11 Å². The van der Waals surface area contributed by atoms with Gasteiger partial charge in [0, 0.05) is 23.1 Å².